The largest absolute Gasteiger partial charge is 0.490 e. The van der Waals surface area contributed by atoms with Crippen molar-refractivity contribution in [2.45, 2.75) is 32.7 Å². The van der Waals surface area contributed by atoms with Gasteiger partial charge in [0.15, 0.2) is 5.75 Å². The van der Waals surface area contributed by atoms with Gasteiger partial charge < -0.3 is 13.9 Å². The maximum Gasteiger partial charge on any atom is 0.311 e. The number of pyridine rings is 1. The Balaban J connectivity index is 1.53. The van der Waals surface area contributed by atoms with Crippen LogP contribution in [0.4, 0.5) is 0 Å². The Morgan fingerprint density at radius 1 is 1.27 bits per heavy atom. The van der Waals surface area contributed by atoms with Gasteiger partial charge in [-0.1, -0.05) is 23.7 Å². The number of ether oxygens (including phenoxy) is 2. The summed E-state index contributed by atoms with van der Waals surface area (Å²) in [5.41, 5.74) is 2.80. The molecular weight excluding hydrogens is 444 g/mol. The van der Waals surface area contributed by atoms with Crippen molar-refractivity contribution in [1.82, 2.24) is 19.2 Å². The molecule has 8 nitrogen and oxygen atoms in total. The summed E-state index contributed by atoms with van der Waals surface area (Å²) in [5, 5.41) is 5.54. The second-order valence-corrected chi connectivity index (χ2v) is 8.80. The number of methoxy groups -OCH3 is 1. The molecule has 0 aliphatic heterocycles. The lowest BCUT2D eigenvalue weighted by atomic mass is 10.1. The number of fused-ring (bicyclic) bond motifs is 2. The molecule has 1 aliphatic carbocycles. The van der Waals surface area contributed by atoms with Crippen LogP contribution in [0.1, 0.15) is 29.8 Å². The van der Waals surface area contributed by atoms with Crippen molar-refractivity contribution in [2.75, 3.05) is 13.7 Å². The third-order valence-corrected chi connectivity index (χ3v) is 6.14. The molecule has 0 atom stereocenters. The summed E-state index contributed by atoms with van der Waals surface area (Å²) >= 11 is 6.40. The highest BCUT2D eigenvalue weighted by atomic mass is 35.5. The predicted octanol–water partition coefficient (Wildman–Crippen LogP) is 3.56. The van der Waals surface area contributed by atoms with E-state index in [9.17, 15) is 9.59 Å². The minimum atomic E-state index is -0.514. The molecule has 1 saturated carbocycles. The lowest BCUT2D eigenvalue weighted by Crippen LogP contribution is -2.23. The average molecular weight is 467 g/mol. The van der Waals surface area contributed by atoms with E-state index in [4.69, 9.17) is 21.1 Å². The standard InChI is InChI=1S/C24H23ClN4O4/c1-14-4-3-5-19-23(14)24(31)18(9-22(30)32-2)27-29(19)11-16-10-28-12-20(33-13-15-6-7-15)17(25)8-21(28)26-16/h3-5,8,10,12,15H,6-7,9,11,13H2,1-2H3. The number of hydrogen-bond acceptors (Lipinski definition) is 6. The summed E-state index contributed by atoms with van der Waals surface area (Å²) in [7, 11) is 1.29. The van der Waals surface area contributed by atoms with E-state index >= 15 is 0 Å². The van der Waals surface area contributed by atoms with Gasteiger partial charge in [0.2, 0.25) is 5.43 Å². The Morgan fingerprint density at radius 3 is 2.85 bits per heavy atom. The van der Waals surface area contributed by atoms with Gasteiger partial charge >= 0.3 is 5.97 Å². The number of nitrogens with zero attached hydrogens (tertiary/aromatic N) is 4. The van der Waals surface area contributed by atoms with Gasteiger partial charge in [-0.2, -0.15) is 5.10 Å². The van der Waals surface area contributed by atoms with Gasteiger partial charge in [-0.25, -0.2) is 4.98 Å². The molecule has 0 radical (unpaired) electrons. The van der Waals surface area contributed by atoms with Crippen LogP contribution in [0, 0.1) is 12.8 Å². The molecule has 0 spiro atoms. The van der Waals surface area contributed by atoms with Gasteiger partial charge in [0, 0.05) is 12.3 Å². The first-order valence-electron chi connectivity index (χ1n) is 10.8. The number of imidazole rings is 1. The number of hydrogen-bond donors (Lipinski definition) is 0. The fourth-order valence-electron chi connectivity index (χ4n) is 3.87. The molecule has 5 rings (SSSR count). The number of rotatable bonds is 7. The van der Waals surface area contributed by atoms with Crippen molar-refractivity contribution in [2.24, 2.45) is 5.92 Å². The second kappa shape index (κ2) is 8.51. The molecule has 1 aliphatic rings. The van der Waals surface area contributed by atoms with Crippen LogP contribution < -0.4 is 10.2 Å². The third-order valence-electron chi connectivity index (χ3n) is 5.84. The molecule has 4 aromatic rings. The monoisotopic (exact) mass is 466 g/mol. The van der Waals surface area contributed by atoms with Crippen molar-refractivity contribution in [3.63, 3.8) is 0 Å². The summed E-state index contributed by atoms with van der Waals surface area (Å²) in [6.45, 7) is 2.85. The molecule has 0 amide bonds. The van der Waals surface area contributed by atoms with Gasteiger partial charge in [-0.3, -0.25) is 14.3 Å². The van der Waals surface area contributed by atoms with E-state index in [0.29, 0.717) is 46.4 Å². The van der Waals surface area contributed by atoms with Gasteiger partial charge in [0.05, 0.1) is 54.5 Å². The second-order valence-electron chi connectivity index (χ2n) is 8.39. The molecular formula is C24H23ClN4O4. The molecule has 1 fully saturated rings. The van der Waals surface area contributed by atoms with E-state index < -0.39 is 5.97 Å². The molecule has 0 N–H and O–H groups in total. The zero-order valence-corrected chi connectivity index (χ0v) is 19.1. The number of aromatic nitrogens is 4. The number of carbonyl (C=O) groups excluding carboxylic acids is 1. The Labute approximate surface area is 194 Å². The molecule has 170 valence electrons. The number of halogens is 1. The van der Waals surface area contributed by atoms with E-state index in [1.165, 1.54) is 20.0 Å². The molecule has 33 heavy (non-hydrogen) atoms. The molecule has 9 heteroatoms. The van der Waals surface area contributed by atoms with Crippen molar-refractivity contribution in [3.8, 4) is 5.75 Å². The first-order valence-corrected chi connectivity index (χ1v) is 11.2. The highest BCUT2D eigenvalue weighted by Gasteiger charge is 2.22. The molecule has 1 aromatic carbocycles. The topological polar surface area (TPSA) is 87.7 Å². The first-order chi connectivity index (χ1) is 15.9. The van der Waals surface area contributed by atoms with Crippen LogP contribution in [0.15, 0.2) is 41.5 Å². The van der Waals surface area contributed by atoms with Crippen molar-refractivity contribution >= 4 is 34.1 Å². The Kier molecular flexibility index (Phi) is 5.54. The smallest absolute Gasteiger partial charge is 0.311 e. The highest BCUT2D eigenvalue weighted by molar-refractivity contribution is 6.32. The quantitative estimate of drug-likeness (QED) is 0.387. The molecule has 0 saturated heterocycles. The van der Waals surface area contributed by atoms with E-state index in [1.54, 1.807) is 10.7 Å². The zero-order chi connectivity index (χ0) is 23.1. The average Bonchev–Trinajstić information content (AvgIpc) is 3.54. The van der Waals surface area contributed by atoms with Gasteiger partial charge in [0.25, 0.3) is 0 Å². The summed E-state index contributed by atoms with van der Waals surface area (Å²) in [5.74, 6) is 0.737. The summed E-state index contributed by atoms with van der Waals surface area (Å²) in [4.78, 5) is 29.5. The molecule has 3 aromatic heterocycles. The van der Waals surface area contributed by atoms with Crippen LogP contribution in [-0.2, 0) is 22.5 Å². The molecule has 3 heterocycles. The van der Waals surface area contributed by atoms with Crippen LogP contribution in [0.3, 0.4) is 0 Å². The Morgan fingerprint density at radius 2 is 2.09 bits per heavy atom. The number of aryl methyl sites for hydroxylation is 1. The van der Waals surface area contributed by atoms with E-state index in [1.807, 2.05) is 41.9 Å². The van der Waals surface area contributed by atoms with E-state index in [-0.39, 0.29) is 17.5 Å². The summed E-state index contributed by atoms with van der Waals surface area (Å²) in [6.07, 6.45) is 5.93. The van der Waals surface area contributed by atoms with Crippen LogP contribution in [-0.4, -0.2) is 38.9 Å². The normalized spacial score (nSPS) is 13.5. The fourth-order valence-corrected chi connectivity index (χ4v) is 4.07. The zero-order valence-electron chi connectivity index (χ0n) is 18.4. The van der Waals surface area contributed by atoms with Crippen molar-refractivity contribution < 1.29 is 14.3 Å². The Bertz CT molecular complexity index is 1440. The van der Waals surface area contributed by atoms with Crippen LogP contribution >= 0.6 is 11.6 Å². The lowest BCUT2D eigenvalue weighted by molar-refractivity contribution is -0.139. The summed E-state index contributed by atoms with van der Waals surface area (Å²) < 4.78 is 14.2. The number of carbonyl (C=O) groups is 1. The SMILES string of the molecule is COC(=O)Cc1nn(Cc2cn3cc(OCC4CC4)c(Cl)cc3n2)c2cccc(C)c2c1=O. The van der Waals surface area contributed by atoms with Crippen LogP contribution in [0.2, 0.25) is 5.02 Å². The molecule has 0 bridgehead atoms. The third kappa shape index (κ3) is 4.30. The highest BCUT2D eigenvalue weighted by Crippen LogP contribution is 2.32. The maximum atomic E-state index is 13.0. The Hall–Kier alpha value is -3.39. The van der Waals surface area contributed by atoms with Gasteiger partial charge in [-0.05, 0) is 37.3 Å². The number of esters is 1. The predicted molar refractivity (Wildman–Crippen MR) is 124 cm³/mol. The fraction of sp³-hybridized carbons (Fsp3) is 0.333. The van der Waals surface area contributed by atoms with E-state index in [0.717, 1.165) is 11.3 Å². The lowest BCUT2D eigenvalue weighted by Gasteiger charge is -2.12. The minimum absolute atomic E-state index is 0.145. The van der Waals surface area contributed by atoms with Crippen molar-refractivity contribution in [3.05, 3.63) is 68.9 Å². The minimum Gasteiger partial charge on any atom is -0.490 e. The van der Waals surface area contributed by atoms with E-state index in [2.05, 4.69) is 10.1 Å². The van der Waals surface area contributed by atoms with Crippen molar-refractivity contribution in [1.29, 1.82) is 0 Å². The molecule has 0 unspecified atom stereocenters. The summed E-state index contributed by atoms with van der Waals surface area (Å²) in [6, 6.07) is 7.36. The maximum absolute atomic E-state index is 13.0. The van der Waals surface area contributed by atoms with Gasteiger partial charge in [-0.15, -0.1) is 0 Å². The number of benzene rings is 1. The van der Waals surface area contributed by atoms with Gasteiger partial charge in [0.1, 0.15) is 11.3 Å². The van der Waals surface area contributed by atoms with Crippen LogP contribution in [0.25, 0.3) is 16.6 Å². The van der Waals surface area contributed by atoms with Crippen LogP contribution in [0.5, 0.6) is 5.75 Å². The first kappa shape index (κ1) is 21.5.